The number of ether oxygens (including phenoxy) is 1. The summed E-state index contributed by atoms with van der Waals surface area (Å²) < 4.78 is 19.5. The van der Waals surface area contributed by atoms with Gasteiger partial charge in [-0.2, -0.15) is 5.26 Å². The Balaban J connectivity index is 2.33. The maximum atomic E-state index is 13.8. The third-order valence-electron chi connectivity index (χ3n) is 3.45. The second-order valence-electron chi connectivity index (χ2n) is 5.18. The lowest BCUT2D eigenvalue weighted by molar-refractivity contribution is 0.217. The summed E-state index contributed by atoms with van der Waals surface area (Å²) in [6.45, 7) is 4.00. The molecule has 2 rings (SSSR count). The lowest BCUT2D eigenvalue weighted by Gasteiger charge is -2.14. The zero-order chi connectivity index (χ0) is 16.8. The standard InChI is InChI=1S/C19H17ClFNO/c1-3-13(2)23-19-9-8-14(11-17(19)20)10-15(12-22)16-6-4-5-7-18(16)21/h4-11,13H,3H2,1-2H3/b15-10-/t13-/m1/s1. The van der Waals surface area contributed by atoms with Gasteiger partial charge in [-0.3, -0.25) is 0 Å². The topological polar surface area (TPSA) is 33.0 Å². The highest BCUT2D eigenvalue weighted by Gasteiger charge is 2.09. The van der Waals surface area contributed by atoms with E-state index in [1.807, 2.05) is 19.9 Å². The Morgan fingerprint density at radius 3 is 2.70 bits per heavy atom. The van der Waals surface area contributed by atoms with E-state index in [9.17, 15) is 9.65 Å². The first-order valence-corrected chi connectivity index (χ1v) is 7.75. The molecule has 23 heavy (non-hydrogen) atoms. The predicted octanol–water partition coefficient (Wildman–Crippen LogP) is 5.72. The Kier molecular flexibility index (Phi) is 5.78. The van der Waals surface area contributed by atoms with Gasteiger partial charge in [0, 0.05) is 5.56 Å². The van der Waals surface area contributed by atoms with Crippen molar-refractivity contribution in [3.05, 3.63) is 64.4 Å². The molecule has 0 fully saturated rings. The van der Waals surface area contributed by atoms with Gasteiger partial charge in [0.05, 0.1) is 22.8 Å². The molecule has 0 aliphatic rings. The van der Waals surface area contributed by atoms with Gasteiger partial charge in [-0.15, -0.1) is 0 Å². The van der Waals surface area contributed by atoms with Crippen LogP contribution in [0.1, 0.15) is 31.4 Å². The summed E-state index contributed by atoms with van der Waals surface area (Å²) in [5.41, 5.74) is 1.23. The smallest absolute Gasteiger partial charge is 0.138 e. The van der Waals surface area contributed by atoms with Crippen LogP contribution in [0.5, 0.6) is 5.75 Å². The Hall–Kier alpha value is -2.31. The van der Waals surface area contributed by atoms with Crippen LogP contribution in [0.15, 0.2) is 42.5 Å². The first-order valence-electron chi connectivity index (χ1n) is 7.38. The van der Waals surface area contributed by atoms with E-state index in [4.69, 9.17) is 16.3 Å². The van der Waals surface area contributed by atoms with Gasteiger partial charge in [-0.25, -0.2) is 4.39 Å². The number of nitriles is 1. The predicted molar refractivity (Wildman–Crippen MR) is 91.7 cm³/mol. The van der Waals surface area contributed by atoms with Crippen LogP contribution in [0.4, 0.5) is 4.39 Å². The van der Waals surface area contributed by atoms with Gasteiger partial charge in [-0.1, -0.05) is 42.8 Å². The second-order valence-corrected chi connectivity index (χ2v) is 5.58. The maximum absolute atomic E-state index is 13.8. The van der Waals surface area contributed by atoms with E-state index in [0.717, 1.165) is 6.42 Å². The summed E-state index contributed by atoms with van der Waals surface area (Å²) in [7, 11) is 0. The molecule has 1 atom stereocenters. The van der Waals surface area contributed by atoms with Gasteiger partial charge in [0.2, 0.25) is 0 Å². The molecule has 0 amide bonds. The summed E-state index contributed by atoms with van der Waals surface area (Å²) in [4.78, 5) is 0. The molecule has 0 aliphatic heterocycles. The summed E-state index contributed by atoms with van der Waals surface area (Å²) in [6.07, 6.45) is 2.56. The zero-order valence-electron chi connectivity index (χ0n) is 13.0. The van der Waals surface area contributed by atoms with Crippen molar-refractivity contribution in [2.45, 2.75) is 26.4 Å². The van der Waals surface area contributed by atoms with Crippen LogP contribution in [0, 0.1) is 17.1 Å². The Bertz CT molecular complexity index is 764. The summed E-state index contributed by atoms with van der Waals surface area (Å²) in [6, 6.07) is 13.5. The van der Waals surface area contributed by atoms with Crippen molar-refractivity contribution in [1.82, 2.24) is 0 Å². The third kappa shape index (κ3) is 4.34. The molecule has 0 unspecified atom stereocenters. The lowest BCUT2D eigenvalue weighted by atomic mass is 10.0. The van der Waals surface area contributed by atoms with Crippen LogP contribution in [0.3, 0.4) is 0 Å². The molecule has 4 heteroatoms. The molecule has 0 saturated carbocycles. The van der Waals surface area contributed by atoms with E-state index in [-0.39, 0.29) is 17.2 Å². The second kappa shape index (κ2) is 7.80. The number of nitrogens with zero attached hydrogens (tertiary/aromatic N) is 1. The van der Waals surface area contributed by atoms with Crippen molar-refractivity contribution in [3.8, 4) is 11.8 Å². The van der Waals surface area contributed by atoms with E-state index in [2.05, 4.69) is 0 Å². The van der Waals surface area contributed by atoms with Gasteiger partial charge in [0.25, 0.3) is 0 Å². The minimum atomic E-state index is -0.428. The number of allylic oxidation sites excluding steroid dienone is 1. The van der Waals surface area contributed by atoms with Gasteiger partial charge < -0.3 is 4.74 Å². The number of hydrogen-bond acceptors (Lipinski definition) is 2. The number of benzene rings is 2. The van der Waals surface area contributed by atoms with Crippen LogP contribution >= 0.6 is 11.6 Å². The van der Waals surface area contributed by atoms with E-state index >= 15 is 0 Å². The molecule has 2 nitrogen and oxygen atoms in total. The van der Waals surface area contributed by atoms with Gasteiger partial charge in [0.1, 0.15) is 11.6 Å². The van der Waals surface area contributed by atoms with Gasteiger partial charge in [0.15, 0.2) is 0 Å². The van der Waals surface area contributed by atoms with Crippen LogP contribution in [0.2, 0.25) is 5.02 Å². The fourth-order valence-electron chi connectivity index (χ4n) is 2.02. The monoisotopic (exact) mass is 329 g/mol. The van der Waals surface area contributed by atoms with Crippen LogP contribution in [-0.4, -0.2) is 6.10 Å². The third-order valence-corrected chi connectivity index (χ3v) is 3.75. The first-order chi connectivity index (χ1) is 11.0. The summed E-state index contributed by atoms with van der Waals surface area (Å²) in [5, 5.41) is 9.76. The molecule has 0 saturated heterocycles. The number of hydrogen-bond donors (Lipinski definition) is 0. The molecular formula is C19H17ClFNO. The quantitative estimate of drug-likeness (QED) is 0.519. The number of rotatable bonds is 5. The fraction of sp³-hybridized carbons (Fsp3) is 0.211. The van der Waals surface area contributed by atoms with Crippen LogP contribution in [-0.2, 0) is 0 Å². The fourth-order valence-corrected chi connectivity index (χ4v) is 2.25. The van der Waals surface area contributed by atoms with Crippen molar-refractivity contribution in [2.75, 3.05) is 0 Å². The Morgan fingerprint density at radius 1 is 1.35 bits per heavy atom. The highest BCUT2D eigenvalue weighted by molar-refractivity contribution is 6.32. The molecular weight excluding hydrogens is 313 g/mol. The summed E-state index contributed by atoms with van der Waals surface area (Å²) in [5.74, 6) is 0.172. The minimum Gasteiger partial charge on any atom is -0.489 e. The molecule has 0 aliphatic carbocycles. The Labute approximate surface area is 140 Å². The highest BCUT2D eigenvalue weighted by atomic mass is 35.5. The van der Waals surface area contributed by atoms with Crippen LogP contribution in [0.25, 0.3) is 11.6 Å². The van der Waals surface area contributed by atoms with Crippen molar-refractivity contribution in [2.24, 2.45) is 0 Å². The molecule has 0 N–H and O–H groups in total. The van der Waals surface area contributed by atoms with Crippen molar-refractivity contribution >= 4 is 23.3 Å². The normalized spacial score (nSPS) is 12.6. The van der Waals surface area contributed by atoms with Gasteiger partial charge >= 0.3 is 0 Å². The molecule has 118 valence electrons. The number of halogens is 2. The van der Waals surface area contributed by atoms with Crippen molar-refractivity contribution < 1.29 is 9.13 Å². The highest BCUT2D eigenvalue weighted by Crippen LogP contribution is 2.29. The molecule has 0 spiro atoms. The molecule has 0 heterocycles. The Morgan fingerprint density at radius 2 is 2.09 bits per heavy atom. The molecule has 0 radical (unpaired) electrons. The molecule has 2 aromatic rings. The average Bonchev–Trinajstić information content (AvgIpc) is 2.55. The van der Waals surface area contributed by atoms with Crippen LogP contribution < -0.4 is 4.74 Å². The minimum absolute atomic E-state index is 0.0713. The molecule has 2 aromatic carbocycles. The largest absolute Gasteiger partial charge is 0.489 e. The van der Waals surface area contributed by atoms with Crippen molar-refractivity contribution in [1.29, 1.82) is 5.26 Å². The van der Waals surface area contributed by atoms with Gasteiger partial charge in [-0.05, 0) is 43.2 Å². The zero-order valence-corrected chi connectivity index (χ0v) is 13.8. The van der Waals surface area contributed by atoms with E-state index < -0.39 is 5.82 Å². The lowest BCUT2D eigenvalue weighted by Crippen LogP contribution is -2.09. The van der Waals surface area contributed by atoms with Crippen molar-refractivity contribution in [3.63, 3.8) is 0 Å². The first kappa shape index (κ1) is 17.1. The van der Waals surface area contributed by atoms with E-state index in [0.29, 0.717) is 16.3 Å². The average molecular weight is 330 g/mol. The molecule has 0 bridgehead atoms. The summed E-state index contributed by atoms with van der Waals surface area (Å²) >= 11 is 6.22. The van der Waals surface area contributed by atoms with E-state index in [1.54, 1.807) is 42.5 Å². The molecule has 0 aromatic heterocycles. The van der Waals surface area contributed by atoms with E-state index in [1.165, 1.54) is 6.07 Å². The SMILES string of the molecule is CC[C@@H](C)Oc1ccc(/C=C(/C#N)c2ccccc2F)cc1Cl. The maximum Gasteiger partial charge on any atom is 0.138 e.